The van der Waals surface area contributed by atoms with Gasteiger partial charge in [-0.1, -0.05) is 17.7 Å². The first-order valence-electron chi connectivity index (χ1n) is 7.83. The van der Waals surface area contributed by atoms with Crippen LogP contribution in [-0.2, 0) is 0 Å². The van der Waals surface area contributed by atoms with Crippen molar-refractivity contribution in [1.82, 2.24) is 9.88 Å². The fraction of sp³-hybridized carbons (Fsp3) is 0.389. The Balaban J connectivity index is 1.71. The molecule has 1 N–H and O–H groups in total. The summed E-state index contributed by atoms with van der Waals surface area (Å²) in [6.07, 6.45) is 1.83. The molecule has 1 aliphatic heterocycles. The Morgan fingerprint density at radius 1 is 1.14 bits per heavy atom. The molecule has 2 heterocycles. The number of benzene rings is 1. The zero-order chi connectivity index (χ0) is 15.7. The number of H-pyrrole nitrogens is 1. The van der Waals surface area contributed by atoms with Crippen LogP contribution in [0.5, 0.6) is 0 Å². The van der Waals surface area contributed by atoms with Crippen LogP contribution in [0.2, 0.25) is 0 Å². The summed E-state index contributed by atoms with van der Waals surface area (Å²) < 4.78 is 0. The van der Waals surface area contributed by atoms with Crippen molar-refractivity contribution in [2.75, 3.05) is 24.5 Å². The van der Waals surface area contributed by atoms with E-state index in [2.05, 4.69) is 48.0 Å². The van der Waals surface area contributed by atoms with Crippen molar-refractivity contribution in [3.63, 3.8) is 0 Å². The van der Waals surface area contributed by atoms with E-state index in [1.54, 1.807) is 0 Å². The molecule has 0 saturated carbocycles. The highest BCUT2D eigenvalue weighted by molar-refractivity contribution is 5.95. The molecule has 3 rings (SSSR count). The van der Waals surface area contributed by atoms with Crippen LogP contribution in [0.15, 0.2) is 36.5 Å². The molecule has 0 unspecified atom stereocenters. The molecule has 4 heteroatoms. The summed E-state index contributed by atoms with van der Waals surface area (Å²) >= 11 is 0. The summed E-state index contributed by atoms with van der Waals surface area (Å²) in [4.78, 5) is 20.1. The minimum absolute atomic E-state index is 0.134. The molecule has 1 aliphatic rings. The van der Waals surface area contributed by atoms with E-state index < -0.39 is 0 Å². The maximum absolute atomic E-state index is 12.7. The van der Waals surface area contributed by atoms with Crippen molar-refractivity contribution in [2.24, 2.45) is 0 Å². The van der Waals surface area contributed by atoms with Gasteiger partial charge >= 0.3 is 0 Å². The van der Waals surface area contributed by atoms with E-state index in [4.69, 9.17) is 0 Å². The van der Waals surface area contributed by atoms with Crippen LogP contribution >= 0.6 is 0 Å². The van der Waals surface area contributed by atoms with E-state index in [0.29, 0.717) is 0 Å². The van der Waals surface area contributed by atoms with Crippen molar-refractivity contribution >= 4 is 11.6 Å². The monoisotopic (exact) mass is 297 g/mol. The summed E-state index contributed by atoms with van der Waals surface area (Å²) in [7, 11) is 0. The molecule has 1 atom stereocenters. The van der Waals surface area contributed by atoms with E-state index in [1.807, 2.05) is 24.1 Å². The summed E-state index contributed by atoms with van der Waals surface area (Å²) in [5.41, 5.74) is 4.24. The Labute approximate surface area is 131 Å². The van der Waals surface area contributed by atoms with E-state index in [0.717, 1.165) is 30.9 Å². The van der Waals surface area contributed by atoms with Crippen LogP contribution in [0, 0.1) is 13.8 Å². The summed E-state index contributed by atoms with van der Waals surface area (Å²) in [6.45, 7) is 8.68. The molecule has 0 aliphatic carbocycles. The predicted octanol–water partition coefficient (Wildman–Crippen LogP) is 2.98. The van der Waals surface area contributed by atoms with Crippen LogP contribution in [-0.4, -0.2) is 41.5 Å². The van der Waals surface area contributed by atoms with Crippen LogP contribution in [0.4, 0.5) is 5.69 Å². The Hall–Kier alpha value is -2.23. The van der Waals surface area contributed by atoms with Crippen LogP contribution in [0.1, 0.15) is 28.5 Å². The Morgan fingerprint density at radius 2 is 1.86 bits per heavy atom. The zero-order valence-corrected chi connectivity index (χ0v) is 13.5. The molecular formula is C18H23N3O. The van der Waals surface area contributed by atoms with Gasteiger partial charge < -0.3 is 14.8 Å². The number of nitrogens with one attached hydrogen (secondary N) is 1. The smallest absolute Gasteiger partial charge is 0.256 e. The lowest BCUT2D eigenvalue weighted by molar-refractivity contribution is 0.0673. The van der Waals surface area contributed by atoms with Crippen LogP contribution in [0.3, 0.4) is 0 Å². The minimum atomic E-state index is 0.134. The van der Waals surface area contributed by atoms with Gasteiger partial charge in [0.25, 0.3) is 5.91 Å². The van der Waals surface area contributed by atoms with Crippen LogP contribution in [0.25, 0.3) is 0 Å². The first-order valence-corrected chi connectivity index (χ1v) is 7.83. The number of rotatable bonds is 2. The maximum Gasteiger partial charge on any atom is 0.256 e. The highest BCUT2D eigenvalue weighted by Crippen LogP contribution is 2.21. The summed E-state index contributed by atoms with van der Waals surface area (Å²) in [6, 6.07) is 10.7. The number of aromatic nitrogens is 1. The molecule has 4 nitrogen and oxygen atoms in total. The number of carbonyl (C=O) groups excluding carboxylic acids is 1. The average Bonchev–Trinajstić information content (AvgIpc) is 2.93. The SMILES string of the molecule is Cc1ccc(N2CCN(C(=O)c3cc[nH]c3C)[C@H](C)C2)cc1. The van der Waals surface area contributed by atoms with Gasteiger partial charge in [0.15, 0.2) is 0 Å². The van der Waals surface area contributed by atoms with Gasteiger partial charge in [0.05, 0.1) is 5.56 Å². The lowest BCUT2D eigenvalue weighted by atomic mass is 10.1. The first-order chi connectivity index (χ1) is 10.6. The van der Waals surface area contributed by atoms with Crippen molar-refractivity contribution in [3.05, 3.63) is 53.3 Å². The third-order valence-corrected chi connectivity index (χ3v) is 4.47. The fourth-order valence-electron chi connectivity index (χ4n) is 3.09. The van der Waals surface area contributed by atoms with Gasteiger partial charge in [-0.3, -0.25) is 4.79 Å². The van der Waals surface area contributed by atoms with Crippen molar-refractivity contribution in [2.45, 2.75) is 26.8 Å². The Kier molecular flexibility index (Phi) is 3.92. The lowest BCUT2D eigenvalue weighted by Crippen LogP contribution is -2.54. The topological polar surface area (TPSA) is 39.3 Å². The number of nitrogens with zero attached hydrogens (tertiary/aromatic N) is 2. The van der Waals surface area contributed by atoms with Crippen LogP contribution < -0.4 is 4.90 Å². The average molecular weight is 297 g/mol. The Bertz CT molecular complexity index is 659. The second-order valence-electron chi connectivity index (χ2n) is 6.15. The van der Waals surface area contributed by atoms with E-state index in [-0.39, 0.29) is 11.9 Å². The summed E-state index contributed by atoms with van der Waals surface area (Å²) in [5, 5.41) is 0. The van der Waals surface area contributed by atoms with Gasteiger partial charge in [-0.05, 0) is 39.0 Å². The zero-order valence-electron chi connectivity index (χ0n) is 13.5. The molecule has 1 saturated heterocycles. The largest absolute Gasteiger partial charge is 0.368 e. The number of aryl methyl sites for hydroxylation is 2. The number of carbonyl (C=O) groups is 1. The number of aromatic amines is 1. The van der Waals surface area contributed by atoms with E-state index >= 15 is 0 Å². The molecule has 1 amide bonds. The minimum Gasteiger partial charge on any atom is -0.368 e. The third kappa shape index (κ3) is 2.73. The second kappa shape index (κ2) is 5.87. The molecule has 0 radical (unpaired) electrons. The number of piperazine rings is 1. The first kappa shape index (κ1) is 14.7. The Morgan fingerprint density at radius 3 is 2.45 bits per heavy atom. The van der Waals surface area contributed by atoms with Gasteiger partial charge in [-0.25, -0.2) is 0 Å². The predicted molar refractivity (Wildman–Crippen MR) is 89.4 cm³/mol. The molecule has 1 aromatic heterocycles. The normalized spacial score (nSPS) is 18.6. The standard InChI is InChI=1S/C18H23N3O/c1-13-4-6-16(7-5-13)20-10-11-21(14(2)12-20)18(22)17-8-9-19-15(17)3/h4-9,14,19H,10-12H2,1-3H3/t14-/m1/s1. The third-order valence-electron chi connectivity index (χ3n) is 4.47. The highest BCUT2D eigenvalue weighted by Gasteiger charge is 2.29. The molecule has 116 valence electrons. The molecule has 2 aromatic rings. The second-order valence-corrected chi connectivity index (χ2v) is 6.15. The van der Waals surface area contributed by atoms with Crippen molar-refractivity contribution < 1.29 is 4.79 Å². The van der Waals surface area contributed by atoms with Gasteiger partial charge in [0.2, 0.25) is 0 Å². The maximum atomic E-state index is 12.7. The molecular weight excluding hydrogens is 274 g/mol. The molecule has 1 aromatic carbocycles. The van der Waals surface area contributed by atoms with Crippen molar-refractivity contribution in [1.29, 1.82) is 0 Å². The number of anilines is 1. The number of amides is 1. The lowest BCUT2D eigenvalue weighted by Gasteiger charge is -2.41. The fourth-order valence-corrected chi connectivity index (χ4v) is 3.09. The number of hydrogen-bond acceptors (Lipinski definition) is 2. The highest BCUT2D eigenvalue weighted by atomic mass is 16.2. The molecule has 22 heavy (non-hydrogen) atoms. The molecule has 1 fully saturated rings. The van der Waals surface area contributed by atoms with E-state index in [1.165, 1.54) is 11.3 Å². The van der Waals surface area contributed by atoms with Gasteiger partial charge in [0, 0.05) is 43.3 Å². The van der Waals surface area contributed by atoms with Gasteiger partial charge in [-0.15, -0.1) is 0 Å². The molecule has 0 spiro atoms. The van der Waals surface area contributed by atoms with Crippen molar-refractivity contribution in [3.8, 4) is 0 Å². The van der Waals surface area contributed by atoms with Gasteiger partial charge in [0.1, 0.15) is 0 Å². The molecule has 0 bridgehead atoms. The summed E-state index contributed by atoms with van der Waals surface area (Å²) in [5.74, 6) is 0.134. The van der Waals surface area contributed by atoms with Gasteiger partial charge in [-0.2, -0.15) is 0 Å². The van der Waals surface area contributed by atoms with E-state index in [9.17, 15) is 4.79 Å². The number of hydrogen-bond donors (Lipinski definition) is 1. The quantitative estimate of drug-likeness (QED) is 0.925.